The molecule has 0 aliphatic heterocycles. The molecule has 0 aliphatic carbocycles. The van der Waals surface area contributed by atoms with Crippen molar-refractivity contribution in [3.05, 3.63) is 30.1 Å². The molecule has 1 aromatic rings. The van der Waals surface area contributed by atoms with Crippen molar-refractivity contribution in [2.75, 3.05) is 0 Å². The Hall–Kier alpha value is -1.38. The van der Waals surface area contributed by atoms with Crippen LogP contribution < -0.4 is 0 Å². The van der Waals surface area contributed by atoms with Gasteiger partial charge in [0, 0.05) is 6.20 Å². The second-order valence-corrected chi connectivity index (χ2v) is 3.31. The molecule has 0 fully saturated rings. The highest BCUT2D eigenvalue weighted by molar-refractivity contribution is 5.75. The summed E-state index contributed by atoms with van der Waals surface area (Å²) in [6.07, 6.45) is 1.62. The maximum atomic E-state index is 10.9. The van der Waals surface area contributed by atoms with Gasteiger partial charge in [0.1, 0.15) is 5.92 Å². The number of carboxylic acid groups (broad SMARTS) is 1. The molecule has 0 radical (unpaired) electrons. The van der Waals surface area contributed by atoms with E-state index in [1.165, 1.54) is 0 Å². The van der Waals surface area contributed by atoms with Gasteiger partial charge in [0.15, 0.2) is 0 Å². The summed E-state index contributed by atoms with van der Waals surface area (Å²) in [5.74, 6) is -1.25. The number of carboxylic acids is 1. The van der Waals surface area contributed by atoms with E-state index in [4.69, 9.17) is 5.11 Å². The van der Waals surface area contributed by atoms with Crippen molar-refractivity contribution in [1.29, 1.82) is 0 Å². The molecule has 1 rings (SSSR count). The van der Waals surface area contributed by atoms with Crippen LogP contribution in [0.25, 0.3) is 0 Å². The van der Waals surface area contributed by atoms with Crippen molar-refractivity contribution < 1.29 is 9.90 Å². The second kappa shape index (κ2) is 4.03. The molecular weight excluding hydrogens is 166 g/mol. The van der Waals surface area contributed by atoms with Gasteiger partial charge in [-0.05, 0) is 18.1 Å². The maximum Gasteiger partial charge on any atom is 0.312 e. The van der Waals surface area contributed by atoms with Gasteiger partial charge in [-0.1, -0.05) is 19.9 Å². The summed E-state index contributed by atoms with van der Waals surface area (Å²) in [4.78, 5) is 14.9. The first kappa shape index (κ1) is 9.71. The molecule has 0 saturated carbocycles. The quantitative estimate of drug-likeness (QED) is 0.771. The van der Waals surface area contributed by atoms with Gasteiger partial charge in [0.25, 0.3) is 0 Å². The number of rotatable bonds is 3. The van der Waals surface area contributed by atoms with Crippen molar-refractivity contribution in [1.82, 2.24) is 4.98 Å². The highest BCUT2D eigenvalue weighted by Crippen LogP contribution is 2.22. The lowest BCUT2D eigenvalue weighted by Crippen LogP contribution is -2.18. The predicted octanol–water partition coefficient (Wildman–Crippen LogP) is 1.91. The van der Waals surface area contributed by atoms with Gasteiger partial charge in [0.05, 0.1) is 5.69 Å². The van der Waals surface area contributed by atoms with Crippen molar-refractivity contribution in [3.63, 3.8) is 0 Å². The zero-order chi connectivity index (χ0) is 9.84. The second-order valence-electron chi connectivity index (χ2n) is 3.31. The molecule has 0 unspecified atom stereocenters. The minimum absolute atomic E-state index is 0.0624. The summed E-state index contributed by atoms with van der Waals surface area (Å²) < 4.78 is 0. The Morgan fingerprint density at radius 1 is 1.46 bits per heavy atom. The zero-order valence-corrected chi connectivity index (χ0v) is 7.77. The molecule has 3 nitrogen and oxygen atoms in total. The molecule has 0 amide bonds. The number of nitrogens with zero attached hydrogens (tertiary/aromatic N) is 1. The average Bonchev–Trinajstić information content (AvgIpc) is 2.04. The Labute approximate surface area is 77.4 Å². The third kappa shape index (κ3) is 2.28. The largest absolute Gasteiger partial charge is 0.481 e. The first-order valence-corrected chi connectivity index (χ1v) is 4.26. The van der Waals surface area contributed by atoms with E-state index < -0.39 is 11.9 Å². The van der Waals surface area contributed by atoms with Crippen LogP contribution >= 0.6 is 0 Å². The zero-order valence-electron chi connectivity index (χ0n) is 7.77. The van der Waals surface area contributed by atoms with Crippen LogP contribution in [-0.4, -0.2) is 16.1 Å². The molecule has 0 aromatic carbocycles. The molecule has 0 bridgehead atoms. The van der Waals surface area contributed by atoms with E-state index >= 15 is 0 Å². The lowest BCUT2D eigenvalue weighted by Gasteiger charge is -2.14. The third-order valence-electron chi connectivity index (χ3n) is 1.94. The lowest BCUT2D eigenvalue weighted by molar-refractivity contribution is -0.140. The molecule has 1 N–H and O–H groups in total. The fraction of sp³-hybridized carbons (Fsp3) is 0.400. The molecule has 0 aliphatic rings. The van der Waals surface area contributed by atoms with E-state index in [9.17, 15) is 4.79 Å². The normalized spacial score (nSPS) is 12.8. The predicted molar refractivity (Wildman–Crippen MR) is 49.5 cm³/mol. The van der Waals surface area contributed by atoms with Gasteiger partial charge in [-0.25, -0.2) is 0 Å². The van der Waals surface area contributed by atoms with Gasteiger partial charge in [0.2, 0.25) is 0 Å². The molecular formula is C10H13NO2. The maximum absolute atomic E-state index is 10.9. The molecule has 1 aromatic heterocycles. The fourth-order valence-corrected chi connectivity index (χ4v) is 1.31. The fourth-order valence-electron chi connectivity index (χ4n) is 1.31. The summed E-state index contributed by atoms with van der Waals surface area (Å²) in [6.45, 7) is 3.76. The van der Waals surface area contributed by atoms with Crippen LogP contribution in [0.1, 0.15) is 25.5 Å². The summed E-state index contributed by atoms with van der Waals surface area (Å²) >= 11 is 0. The van der Waals surface area contributed by atoms with Gasteiger partial charge in [-0.2, -0.15) is 0 Å². The molecule has 3 heteroatoms. The van der Waals surface area contributed by atoms with E-state index in [1.807, 2.05) is 13.8 Å². The van der Waals surface area contributed by atoms with E-state index in [0.29, 0.717) is 5.69 Å². The summed E-state index contributed by atoms with van der Waals surface area (Å²) in [5.41, 5.74) is 0.630. The molecule has 0 saturated heterocycles. The molecule has 13 heavy (non-hydrogen) atoms. The third-order valence-corrected chi connectivity index (χ3v) is 1.94. The summed E-state index contributed by atoms with van der Waals surface area (Å²) in [7, 11) is 0. The molecule has 1 heterocycles. The smallest absolute Gasteiger partial charge is 0.312 e. The molecule has 0 spiro atoms. The Morgan fingerprint density at radius 2 is 2.15 bits per heavy atom. The first-order valence-electron chi connectivity index (χ1n) is 4.26. The lowest BCUT2D eigenvalue weighted by atomic mass is 9.92. The summed E-state index contributed by atoms with van der Waals surface area (Å²) in [5, 5.41) is 8.96. The van der Waals surface area contributed by atoms with Gasteiger partial charge >= 0.3 is 5.97 Å². The van der Waals surface area contributed by atoms with Crippen molar-refractivity contribution in [2.45, 2.75) is 19.8 Å². The monoisotopic (exact) mass is 179 g/mol. The van der Waals surface area contributed by atoms with E-state index in [0.717, 1.165) is 0 Å². The van der Waals surface area contributed by atoms with Crippen LogP contribution in [0.3, 0.4) is 0 Å². The van der Waals surface area contributed by atoms with Gasteiger partial charge < -0.3 is 5.11 Å². The van der Waals surface area contributed by atoms with Crippen molar-refractivity contribution in [3.8, 4) is 0 Å². The van der Waals surface area contributed by atoms with Crippen LogP contribution in [0.5, 0.6) is 0 Å². The highest BCUT2D eigenvalue weighted by atomic mass is 16.4. The SMILES string of the molecule is CC(C)[C@@H](C(=O)O)c1ccccn1. The number of hydrogen-bond acceptors (Lipinski definition) is 2. The Kier molecular flexibility index (Phi) is 3.01. The van der Waals surface area contributed by atoms with E-state index in [1.54, 1.807) is 24.4 Å². The van der Waals surface area contributed by atoms with Crippen LogP contribution in [-0.2, 0) is 4.79 Å². The van der Waals surface area contributed by atoms with Gasteiger partial charge in [-0.3, -0.25) is 9.78 Å². The average molecular weight is 179 g/mol. The van der Waals surface area contributed by atoms with Crippen LogP contribution in [0.4, 0.5) is 0 Å². The minimum atomic E-state index is -0.811. The van der Waals surface area contributed by atoms with Gasteiger partial charge in [-0.15, -0.1) is 0 Å². The van der Waals surface area contributed by atoms with E-state index in [-0.39, 0.29) is 5.92 Å². The number of pyridine rings is 1. The number of aromatic nitrogens is 1. The van der Waals surface area contributed by atoms with Crippen LogP contribution in [0.15, 0.2) is 24.4 Å². The number of hydrogen-bond donors (Lipinski definition) is 1. The van der Waals surface area contributed by atoms with Crippen molar-refractivity contribution in [2.24, 2.45) is 5.92 Å². The standard InChI is InChI=1S/C10H13NO2/c1-7(2)9(10(12)13)8-5-3-4-6-11-8/h3-7,9H,1-2H3,(H,12,13)/t9-/m1/s1. The topological polar surface area (TPSA) is 50.2 Å². The minimum Gasteiger partial charge on any atom is -0.481 e. The highest BCUT2D eigenvalue weighted by Gasteiger charge is 2.24. The molecule has 70 valence electrons. The Morgan fingerprint density at radius 3 is 2.54 bits per heavy atom. The van der Waals surface area contributed by atoms with Crippen LogP contribution in [0, 0.1) is 5.92 Å². The number of aliphatic carboxylic acids is 1. The number of carbonyl (C=O) groups is 1. The first-order chi connectivity index (χ1) is 6.13. The van der Waals surface area contributed by atoms with Crippen LogP contribution in [0.2, 0.25) is 0 Å². The van der Waals surface area contributed by atoms with E-state index in [2.05, 4.69) is 4.98 Å². The Bertz CT molecular complexity index is 282. The molecule has 1 atom stereocenters. The summed E-state index contributed by atoms with van der Waals surface area (Å²) in [6, 6.07) is 5.34. The van der Waals surface area contributed by atoms with Crippen molar-refractivity contribution >= 4 is 5.97 Å². The Balaban J connectivity index is 2.96.